The van der Waals surface area contributed by atoms with Crippen molar-refractivity contribution >= 4 is 11.6 Å². The molecule has 0 aliphatic rings. The molecular formula is C15H20N4O. The first-order chi connectivity index (χ1) is 9.69. The fourth-order valence-electron chi connectivity index (χ4n) is 1.88. The van der Waals surface area contributed by atoms with Gasteiger partial charge in [0, 0.05) is 24.0 Å². The summed E-state index contributed by atoms with van der Waals surface area (Å²) in [5.74, 6) is -0.00888. The van der Waals surface area contributed by atoms with E-state index in [9.17, 15) is 4.79 Å². The lowest BCUT2D eigenvalue weighted by Gasteiger charge is -2.04. The lowest BCUT2D eigenvalue weighted by Crippen LogP contribution is -2.28. The molecule has 1 amide bonds. The Kier molecular flexibility index (Phi) is 4.76. The van der Waals surface area contributed by atoms with Crippen LogP contribution in [0.5, 0.6) is 0 Å². The molecule has 106 valence electrons. The summed E-state index contributed by atoms with van der Waals surface area (Å²) in [4.78, 5) is 11.7. The molecule has 1 aromatic heterocycles. The minimum Gasteiger partial charge on any atom is -0.399 e. The molecule has 0 aliphatic heterocycles. The van der Waals surface area contributed by atoms with Gasteiger partial charge in [0.25, 0.3) is 0 Å². The third kappa shape index (κ3) is 3.85. The van der Waals surface area contributed by atoms with Gasteiger partial charge in [-0.05, 0) is 24.1 Å². The van der Waals surface area contributed by atoms with Gasteiger partial charge in [-0.25, -0.2) is 0 Å². The smallest absolute Gasteiger partial charge is 0.241 e. The first kappa shape index (κ1) is 14.1. The lowest BCUT2D eigenvalue weighted by atomic mass is 10.1. The summed E-state index contributed by atoms with van der Waals surface area (Å²) < 4.78 is 1.65. The molecule has 1 heterocycles. The molecule has 0 saturated carbocycles. The summed E-state index contributed by atoms with van der Waals surface area (Å²) in [6, 6.07) is 7.59. The second-order valence-electron chi connectivity index (χ2n) is 4.75. The van der Waals surface area contributed by atoms with Crippen LogP contribution in [0.3, 0.4) is 0 Å². The van der Waals surface area contributed by atoms with E-state index in [0.29, 0.717) is 0 Å². The number of carbonyl (C=O) groups is 1. The van der Waals surface area contributed by atoms with Crippen LogP contribution >= 0.6 is 0 Å². The Morgan fingerprint density at radius 3 is 2.75 bits per heavy atom. The number of nitrogen functional groups attached to an aromatic ring is 1. The number of carbonyl (C=O) groups excluding carboxylic acids is 1. The number of aromatic nitrogens is 2. The molecule has 2 aromatic rings. The van der Waals surface area contributed by atoms with E-state index >= 15 is 0 Å². The quantitative estimate of drug-likeness (QED) is 0.624. The summed E-state index contributed by atoms with van der Waals surface area (Å²) in [5.41, 5.74) is 8.41. The van der Waals surface area contributed by atoms with Crippen molar-refractivity contribution in [2.45, 2.75) is 26.3 Å². The average Bonchev–Trinajstić information content (AvgIpc) is 2.88. The van der Waals surface area contributed by atoms with Crippen molar-refractivity contribution in [3.8, 4) is 11.1 Å². The number of hydrogen-bond acceptors (Lipinski definition) is 3. The van der Waals surface area contributed by atoms with Gasteiger partial charge in [0.15, 0.2) is 0 Å². The van der Waals surface area contributed by atoms with Crippen LogP contribution < -0.4 is 11.1 Å². The van der Waals surface area contributed by atoms with Gasteiger partial charge in [-0.2, -0.15) is 5.10 Å². The van der Waals surface area contributed by atoms with E-state index in [-0.39, 0.29) is 12.5 Å². The summed E-state index contributed by atoms with van der Waals surface area (Å²) >= 11 is 0. The van der Waals surface area contributed by atoms with Gasteiger partial charge < -0.3 is 11.1 Å². The zero-order valence-corrected chi connectivity index (χ0v) is 11.7. The van der Waals surface area contributed by atoms with Crippen molar-refractivity contribution in [1.82, 2.24) is 15.1 Å². The Morgan fingerprint density at radius 1 is 1.30 bits per heavy atom. The number of nitrogens with zero attached hydrogens (tertiary/aromatic N) is 2. The van der Waals surface area contributed by atoms with E-state index in [2.05, 4.69) is 17.3 Å². The molecule has 0 bridgehead atoms. The maximum atomic E-state index is 11.7. The van der Waals surface area contributed by atoms with Crippen molar-refractivity contribution in [3.05, 3.63) is 36.7 Å². The summed E-state index contributed by atoms with van der Waals surface area (Å²) in [7, 11) is 0. The highest BCUT2D eigenvalue weighted by atomic mass is 16.2. The minimum atomic E-state index is -0.00888. The molecule has 5 nitrogen and oxygen atoms in total. The topological polar surface area (TPSA) is 72.9 Å². The summed E-state index contributed by atoms with van der Waals surface area (Å²) in [6.07, 6.45) is 5.70. The SMILES string of the molecule is CCCCNC(=O)Cn1cc(-c2ccc(N)cc2)cn1. The van der Waals surface area contributed by atoms with Crippen LogP contribution in [0.1, 0.15) is 19.8 Å². The molecule has 0 saturated heterocycles. The van der Waals surface area contributed by atoms with Gasteiger partial charge >= 0.3 is 0 Å². The molecule has 0 fully saturated rings. The van der Waals surface area contributed by atoms with Gasteiger partial charge in [0.1, 0.15) is 6.54 Å². The number of benzene rings is 1. The third-order valence-corrected chi connectivity index (χ3v) is 3.04. The van der Waals surface area contributed by atoms with Gasteiger partial charge in [-0.15, -0.1) is 0 Å². The molecule has 3 N–H and O–H groups in total. The number of anilines is 1. The van der Waals surface area contributed by atoms with Crippen molar-refractivity contribution in [1.29, 1.82) is 0 Å². The van der Waals surface area contributed by atoms with Crippen LogP contribution in [0, 0.1) is 0 Å². The van der Waals surface area contributed by atoms with Crippen molar-refractivity contribution in [2.24, 2.45) is 0 Å². The summed E-state index contributed by atoms with van der Waals surface area (Å²) in [5, 5.41) is 7.08. The molecular weight excluding hydrogens is 252 g/mol. The molecule has 0 spiro atoms. The number of nitrogens with two attached hydrogens (primary N) is 1. The van der Waals surface area contributed by atoms with E-state index in [1.165, 1.54) is 0 Å². The van der Waals surface area contributed by atoms with E-state index in [4.69, 9.17) is 5.73 Å². The molecule has 0 radical (unpaired) electrons. The van der Waals surface area contributed by atoms with Crippen molar-refractivity contribution in [2.75, 3.05) is 12.3 Å². The Morgan fingerprint density at radius 2 is 2.05 bits per heavy atom. The second kappa shape index (κ2) is 6.75. The molecule has 0 aliphatic carbocycles. The van der Waals surface area contributed by atoms with Gasteiger partial charge in [-0.3, -0.25) is 9.48 Å². The normalized spacial score (nSPS) is 10.4. The van der Waals surface area contributed by atoms with Crippen LogP contribution in [0.2, 0.25) is 0 Å². The predicted molar refractivity (Wildman–Crippen MR) is 80.0 cm³/mol. The number of hydrogen-bond donors (Lipinski definition) is 2. The Balaban J connectivity index is 1.95. The molecule has 1 aromatic carbocycles. The van der Waals surface area contributed by atoms with Gasteiger partial charge in [0.05, 0.1) is 6.20 Å². The third-order valence-electron chi connectivity index (χ3n) is 3.04. The number of rotatable bonds is 6. The molecule has 0 unspecified atom stereocenters. The lowest BCUT2D eigenvalue weighted by molar-refractivity contribution is -0.121. The molecule has 0 atom stereocenters. The van der Waals surface area contributed by atoms with Crippen LogP contribution in [0.4, 0.5) is 5.69 Å². The van der Waals surface area contributed by atoms with Crippen molar-refractivity contribution < 1.29 is 4.79 Å². The number of amides is 1. The Hall–Kier alpha value is -2.30. The highest BCUT2D eigenvalue weighted by Gasteiger charge is 2.05. The second-order valence-corrected chi connectivity index (χ2v) is 4.75. The number of nitrogens with one attached hydrogen (secondary N) is 1. The maximum absolute atomic E-state index is 11.7. The standard InChI is InChI=1S/C15H20N4O/c1-2-3-8-17-15(20)11-19-10-13(9-18-19)12-4-6-14(16)7-5-12/h4-7,9-10H,2-3,8,11,16H2,1H3,(H,17,20). The van der Waals surface area contributed by atoms with Gasteiger partial charge in [0.2, 0.25) is 5.91 Å². The van der Waals surface area contributed by atoms with Crippen LogP contribution in [-0.2, 0) is 11.3 Å². The maximum Gasteiger partial charge on any atom is 0.241 e. The first-order valence-electron chi connectivity index (χ1n) is 6.84. The van der Waals surface area contributed by atoms with E-state index < -0.39 is 0 Å². The summed E-state index contributed by atoms with van der Waals surface area (Å²) in [6.45, 7) is 3.07. The fraction of sp³-hybridized carbons (Fsp3) is 0.333. The Bertz CT molecular complexity index is 560. The molecule has 5 heteroatoms. The first-order valence-corrected chi connectivity index (χ1v) is 6.84. The van der Waals surface area contributed by atoms with E-state index in [1.807, 2.05) is 30.5 Å². The molecule has 2 rings (SSSR count). The Labute approximate surface area is 118 Å². The predicted octanol–water partition coefficient (Wildman–Crippen LogP) is 2.05. The monoisotopic (exact) mass is 272 g/mol. The van der Waals surface area contributed by atoms with Crippen LogP contribution in [-0.4, -0.2) is 22.2 Å². The molecule has 20 heavy (non-hydrogen) atoms. The highest BCUT2D eigenvalue weighted by molar-refractivity contribution is 5.75. The van der Waals surface area contributed by atoms with Crippen LogP contribution in [0.25, 0.3) is 11.1 Å². The minimum absolute atomic E-state index is 0.00888. The van der Waals surface area contributed by atoms with Gasteiger partial charge in [-0.1, -0.05) is 25.5 Å². The number of unbranched alkanes of at least 4 members (excludes halogenated alkanes) is 1. The highest BCUT2D eigenvalue weighted by Crippen LogP contribution is 2.19. The zero-order valence-electron chi connectivity index (χ0n) is 11.7. The van der Waals surface area contributed by atoms with E-state index in [1.54, 1.807) is 10.9 Å². The van der Waals surface area contributed by atoms with E-state index in [0.717, 1.165) is 36.2 Å². The average molecular weight is 272 g/mol. The zero-order chi connectivity index (χ0) is 14.4. The van der Waals surface area contributed by atoms with Crippen molar-refractivity contribution in [3.63, 3.8) is 0 Å². The largest absolute Gasteiger partial charge is 0.399 e. The van der Waals surface area contributed by atoms with Crippen LogP contribution in [0.15, 0.2) is 36.7 Å². The fourth-order valence-corrected chi connectivity index (χ4v) is 1.88.